The van der Waals surface area contributed by atoms with E-state index in [1.54, 1.807) is 6.07 Å². The molecule has 0 heterocycles. The van der Waals surface area contributed by atoms with Gasteiger partial charge in [0.25, 0.3) is 0 Å². The molecule has 2 rings (SSSR count). The maximum atomic E-state index is 13.3. The molecule has 1 nitrogen and oxygen atoms in total. The molecule has 0 aromatic heterocycles. The summed E-state index contributed by atoms with van der Waals surface area (Å²) in [5.41, 5.74) is 3.69. The predicted molar refractivity (Wildman–Crippen MR) is 87.9 cm³/mol. The van der Waals surface area contributed by atoms with Gasteiger partial charge in [0.1, 0.15) is 11.6 Å². The molecule has 0 aliphatic rings. The van der Waals surface area contributed by atoms with Crippen LogP contribution in [0.4, 0.5) is 4.39 Å². The molecule has 20 heavy (non-hydrogen) atoms. The number of hydrogen-bond acceptors (Lipinski definition) is 1. The van der Waals surface area contributed by atoms with Crippen LogP contribution < -0.4 is 4.74 Å². The molecule has 0 N–H and O–H groups in total. The first kappa shape index (κ1) is 15.3. The van der Waals surface area contributed by atoms with Crippen LogP contribution in [0.15, 0.2) is 47.4 Å². The minimum absolute atomic E-state index is 0.327. The Kier molecular flexibility index (Phi) is 5.00. The number of halogens is 3. The summed E-state index contributed by atoms with van der Waals surface area (Å²) >= 11 is 6.97. The molecular weight excluding hydrogens is 387 g/mol. The van der Waals surface area contributed by atoms with Crippen molar-refractivity contribution in [1.82, 2.24) is 0 Å². The number of benzene rings is 2. The Morgan fingerprint density at radius 1 is 1.20 bits per heavy atom. The summed E-state index contributed by atoms with van der Waals surface area (Å²) in [5, 5.41) is 0.790. The minimum atomic E-state index is -0.327. The molecule has 0 saturated carbocycles. The first-order valence-electron chi connectivity index (χ1n) is 5.94. The molecule has 0 atom stereocenters. The fourth-order valence-corrected chi connectivity index (χ4v) is 2.96. The highest BCUT2D eigenvalue weighted by atomic mass is 79.9. The summed E-state index contributed by atoms with van der Waals surface area (Å²) < 4.78 is 19.4. The van der Waals surface area contributed by atoms with Crippen LogP contribution in [0.25, 0.3) is 5.57 Å². The van der Waals surface area contributed by atoms with Gasteiger partial charge in [-0.1, -0.05) is 50.6 Å². The van der Waals surface area contributed by atoms with Gasteiger partial charge in [0, 0.05) is 21.4 Å². The van der Waals surface area contributed by atoms with Crippen molar-refractivity contribution in [1.29, 1.82) is 0 Å². The normalized spacial score (nSPS) is 10.4. The lowest BCUT2D eigenvalue weighted by molar-refractivity contribution is 0.410. The van der Waals surface area contributed by atoms with Gasteiger partial charge in [-0.2, -0.15) is 0 Å². The summed E-state index contributed by atoms with van der Waals surface area (Å²) in [6.45, 7) is 4.11. The van der Waals surface area contributed by atoms with E-state index < -0.39 is 0 Å². The van der Waals surface area contributed by atoms with Gasteiger partial charge in [0.2, 0.25) is 0 Å². The van der Waals surface area contributed by atoms with Gasteiger partial charge >= 0.3 is 0 Å². The average Bonchev–Trinajstić information content (AvgIpc) is 2.46. The smallest absolute Gasteiger partial charge is 0.129 e. The van der Waals surface area contributed by atoms with Gasteiger partial charge in [0.05, 0.1) is 7.11 Å². The Hall–Kier alpha value is -1.13. The van der Waals surface area contributed by atoms with Gasteiger partial charge in [-0.25, -0.2) is 4.39 Å². The molecule has 0 unspecified atom stereocenters. The Labute approximate surface area is 134 Å². The lowest BCUT2D eigenvalue weighted by atomic mass is 9.98. The highest BCUT2D eigenvalue weighted by Crippen LogP contribution is 2.34. The van der Waals surface area contributed by atoms with E-state index in [1.165, 1.54) is 24.8 Å². The van der Waals surface area contributed by atoms with Crippen molar-refractivity contribution >= 4 is 37.4 Å². The molecule has 0 spiro atoms. The molecule has 0 radical (unpaired) electrons. The number of methoxy groups -OCH3 is 1. The average molecular weight is 400 g/mol. The van der Waals surface area contributed by atoms with E-state index in [2.05, 4.69) is 38.4 Å². The predicted octanol–water partition coefficient (Wildman–Crippen LogP) is 5.55. The quantitative estimate of drug-likeness (QED) is 0.612. The van der Waals surface area contributed by atoms with Crippen molar-refractivity contribution in [2.75, 3.05) is 7.11 Å². The van der Waals surface area contributed by atoms with Crippen LogP contribution in [0.2, 0.25) is 0 Å². The summed E-state index contributed by atoms with van der Waals surface area (Å²) in [6, 6.07) is 10.5. The highest BCUT2D eigenvalue weighted by Gasteiger charge is 2.12. The molecule has 2 aromatic carbocycles. The first-order valence-corrected chi connectivity index (χ1v) is 7.86. The number of ether oxygens (including phenoxy) is 1. The van der Waals surface area contributed by atoms with Crippen molar-refractivity contribution in [2.45, 2.75) is 5.33 Å². The maximum absolute atomic E-state index is 13.3. The molecular formula is C16H13Br2FO. The van der Waals surface area contributed by atoms with Crippen LogP contribution in [-0.2, 0) is 5.33 Å². The summed E-state index contributed by atoms with van der Waals surface area (Å²) in [4.78, 5) is 0. The van der Waals surface area contributed by atoms with Crippen LogP contribution in [0.3, 0.4) is 0 Å². The Balaban J connectivity index is 2.46. The van der Waals surface area contributed by atoms with Crippen LogP contribution >= 0.6 is 31.9 Å². The standard InChI is InChI=1S/C16H13Br2FO/c1-10(13-5-3-11(9-17)7-15(13)18)14-6-4-12(19)8-16(14)20-2/h3-8H,1,9H2,2H3. The maximum Gasteiger partial charge on any atom is 0.129 e. The SMILES string of the molecule is C=C(c1ccc(CBr)cc1Br)c1ccc(F)cc1OC. The van der Waals surface area contributed by atoms with Crippen LogP contribution in [-0.4, -0.2) is 7.11 Å². The molecule has 0 bridgehead atoms. The molecule has 0 aliphatic heterocycles. The summed E-state index contributed by atoms with van der Waals surface area (Å²) in [5.74, 6) is 0.151. The molecule has 0 fully saturated rings. The van der Waals surface area contributed by atoms with E-state index in [1.807, 2.05) is 18.2 Å². The second kappa shape index (κ2) is 6.55. The van der Waals surface area contributed by atoms with E-state index in [4.69, 9.17) is 4.74 Å². The molecule has 2 aromatic rings. The van der Waals surface area contributed by atoms with Crippen molar-refractivity contribution in [3.05, 3.63) is 70.0 Å². The van der Waals surface area contributed by atoms with Gasteiger partial charge in [-0.15, -0.1) is 0 Å². The fourth-order valence-electron chi connectivity index (χ4n) is 1.95. The minimum Gasteiger partial charge on any atom is -0.496 e. The number of rotatable bonds is 4. The van der Waals surface area contributed by atoms with E-state index in [0.717, 1.165) is 26.5 Å². The van der Waals surface area contributed by atoms with Crippen LogP contribution in [0.5, 0.6) is 5.75 Å². The third kappa shape index (κ3) is 3.13. The van der Waals surface area contributed by atoms with Crippen molar-refractivity contribution < 1.29 is 9.13 Å². The summed E-state index contributed by atoms with van der Waals surface area (Å²) in [6.07, 6.45) is 0. The fraction of sp³-hybridized carbons (Fsp3) is 0.125. The van der Waals surface area contributed by atoms with Crippen LogP contribution in [0.1, 0.15) is 16.7 Å². The first-order chi connectivity index (χ1) is 9.56. The zero-order valence-electron chi connectivity index (χ0n) is 10.9. The van der Waals surface area contributed by atoms with E-state index >= 15 is 0 Å². The van der Waals surface area contributed by atoms with Gasteiger partial charge in [0.15, 0.2) is 0 Å². The van der Waals surface area contributed by atoms with Crippen LogP contribution in [0, 0.1) is 5.82 Å². The summed E-state index contributed by atoms with van der Waals surface area (Å²) in [7, 11) is 1.52. The zero-order chi connectivity index (χ0) is 14.7. The third-order valence-electron chi connectivity index (χ3n) is 3.00. The lowest BCUT2D eigenvalue weighted by Gasteiger charge is -2.13. The highest BCUT2D eigenvalue weighted by molar-refractivity contribution is 9.10. The van der Waals surface area contributed by atoms with E-state index in [9.17, 15) is 4.39 Å². The van der Waals surface area contributed by atoms with Gasteiger partial charge < -0.3 is 4.74 Å². The Morgan fingerprint density at radius 2 is 1.90 bits per heavy atom. The second-order valence-electron chi connectivity index (χ2n) is 4.27. The van der Waals surface area contributed by atoms with Gasteiger partial charge in [-0.05, 0) is 34.9 Å². The third-order valence-corrected chi connectivity index (χ3v) is 4.31. The molecule has 104 valence electrons. The monoisotopic (exact) mass is 398 g/mol. The molecule has 0 aliphatic carbocycles. The van der Waals surface area contributed by atoms with Crippen molar-refractivity contribution in [3.8, 4) is 5.75 Å². The molecule has 0 amide bonds. The lowest BCUT2D eigenvalue weighted by Crippen LogP contribution is -1.95. The number of alkyl halides is 1. The van der Waals surface area contributed by atoms with Crippen molar-refractivity contribution in [2.24, 2.45) is 0 Å². The number of hydrogen-bond donors (Lipinski definition) is 0. The van der Waals surface area contributed by atoms with Crippen molar-refractivity contribution in [3.63, 3.8) is 0 Å². The molecule has 4 heteroatoms. The topological polar surface area (TPSA) is 9.23 Å². The second-order valence-corrected chi connectivity index (χ2v) is 5.69. The molecule has 0 saturated heterocycles. The van der Waals surface area contributed by atoms with Gasteiger partial charge in [-0.3, -0.25) is 0 Å². The largest absolute Gasteiger partial charge is 0.496 e. The van der Waals surface area contributed by atoms with E-state index in [0.29, 0.717) is 5.75 Å². The Bertz CT molecular complexity index is 653. The Morgan fingerprint density at radius 3 is 2.50 bits per heavy atom. The van der Waals surface area contributed by atoms with E-state index in [-0.39, 0.29) is 5.82 Å². The zero-order valence-corrected chi connectivity index (χ0v) is 14.1.